The predicted octanol–water partition coefficient (Wildman–Crippen LogP) is 3.76. The molecule has 2 aromatic rings. The third kappa shape index (κ3) is 2.43. The summed E-state index contributed by atoms with van der Waals surface area (Å²) in [6, 6.07) is 9.96. The van der Waals surface area contributed by atoms with Crippen LogP contribution >= 0.6 is 0 Å². The van der Waals surface area contributed by atoms with Gasteiger partial charge in [-0.3, -0.25) is 4.98 Å². The van der Waals surface area contributed by atoms with Gasteiger partial charge in [0.1, 0.15) is 0 Å². The van der Waals surface area contributed by atoms with E-state index in [1.165, 1.54) is 0 Å². The van der Waals surface area contributed by atoms with Gasteiger partial charge in [0.05, 0.1) is 0 Å². The van der Waals surface area contributed by atoms with Crippen molar-refractivity contribution in [3.05, 3.63) is 60.4 Å². The zero-order valence-electron chi connectivity index (χ0n) is 9.77. The standard InChI is InChI=1S/C16H13N/c1-4-13-6-5-7-14(8-13)16-9-15(12(2)3)10-17-11-16/h1,5-11H,2H2,3H3. The van der Waals surface area contributed by atoms with Crippen molar-refractivity contribution in [1.82, 2.24) is 4.98 Å². The molecule has 0 saturated carbocycles. The van der Waals surface area contributed by atoms with Gasteiger partial charge < -0.3 is 0 Å². The van der Waals surface area contributed by atoms with Crippen molar-refractivity contribution in [2.75, 3.05) is 0 Å². The van der Waals surface area contributed by atoms with E-state index >= 15 is 0 Å². The minimum absolute atomic E-state index is 0.878. The van der Waals surface area contributed by atoms with Crippen LogP contribution in [-0.2, 0) is 0 Å². The van der Waals surface area contributed by atoms with E-state index in [2.05, 4.69) is 23.5 Å². The van der Waals surface area contributed by atoms with E-state index in [4.69, 9.17) is 6.42 Å². The molecule has 0 aliphatic carbocycles. The molecular formula is C16H13N. The minimum atomic E-state index is 0.878. The van der Waals surface area contributed by atoms with Crippen molar-refractivity contribution < 1.29 is 0 Å². The number of allylic oxidation sites excluding steroid dienone is 1. The van der Waals surface area contributed by atoms with E-state index in [0.717, 1.165) is 27.8 Å². The molecule has 82 valence electrons. The molecule has 0 spiro atoms. The minimum Gasteiger partial charge on any atom is -0.263 e. The Morgan fingerprint density at radius 3 is 2.76 bits per heavy atom. The lowest BCUT2D eigenvalue weighted by Crippen LogP contribution is -1.85. The fraction of sp³-hybridized carbons (Fsp3) is 0.0625. The lowest BCUT2D eigenvalue weighted by atomic mass is 10.0. The number of hydrogen-bond acceptors (Lipinski definition) is 1. The first kappa shape index (κ1) is 11.2. The summed E-state index contributed by atoms with van der Waals surface area (Å²) in [5, 5.41) is 0. The highest BCUT2D eigenvalue weighted by Gasteiger charge is 2.01. The van der Waals surface area contributed by atoms with Crippen LogP contribution in [0.25, 0.3) is 16.7 Å². The SMILES string of the molecule is C#Cc1cccc(-c2cncc(C(=C)C)c2)c1. The fourth-order valence-corrected chi connectivity index (χ4v) is 1.62. The van der Waals surface area contributed by atoms with E-state index in [-0.39, 0.29) is 0 Å². The number of aromatic nitrogens is 1. The molecule has 0 fully saturated rings. The second kappa shape index (κ2) is 4.67. The van der Waals surface area contributed by atoms with Crippen molar-refractivity contribution in [1.29, 1.82) is 0 Å². The van der Waals surface area contributed by atoms with Gasteiger partial charge in [-0.25, -0.2) is 0 Å². The average molecular weight is 219 g/mol. The van der Waals surface area contributed by atoms with Crippen LogP contribution in [0.2, 0.25) is 0 Å². The maximum Gasteiger partial charge on any atom is 0.0346 e. The van der Waals surface area contributed by atoms with Crippen LogP contribution in [0.5, 0.6) is 0 Å². The topological polar surface area (TPSA) is 12.9 Å². The molecule has 0 radical (unpaired) electrons. The van der Waals surface area contributed by atoms with Gasteiger partial charge in [0.25, 0.3) is 0 Å². The highest BCUT2D eigenvalue weighted by atomic mass is 14.6. The quantitative estimate of drug-likeness (QED) is 0.701. The fourth-order valence-electron chi connectivity index (χ4n) is 1.62. The van der Waals surface area contributed by atoms with Crippen LogP contribution in [0.4, 0.5) is 0 Å². The van der Waals surface area contributed by atoms with Crippen LogP contribution in [0.3, 0.4) is 0 Å². The van der Waals surface area contributed by atoms with E-state index in [9.17, 15) is 0 Å². The third-order valence-corrected chi connectivity index (χ3v) is 2.59. The average Bonchev–Trinajstić information content (AvgIpc) is 2.39. The van der Waals surface area contributed by atoms with Gasteiger partial charge >= 0.3 is 0 Å². The van der Waals surface area contributed by atoms with Gasteiger partial charge in [-0.15, -0.1) is 6.42 Å². The summed E-state index contributed by atoms with van der Waals surface area (Å²) in [5.74, 6) is 2.64. The molecule has 1 heterocycles. The van der Waals surface area contributed by atoms with Gasteiger partial charge in [0.15, 0.2) is 0 Å². The van der Waals surface area contributed by atoms with Crippen molar-refractivity contribution in [3.63, 3.8) is 0 Å². The summed E-state index contributed by atoms with van der Waals surface area (Å²) in [5.41, 5.74) is 5.07. The molecule has 0 aliphatic rings. The summed E-state index contributed by atoms with van der Waals surface area (Å²) in [7, 11) is 0. The summed E-state index contributed by atoms with van der Waals surface area (Å²) in [6.45, 7) is 5.89. The lowest BCUT2D eigenvalue weighted by Gasteiger charge is -2.05. The molecule has 0 amide bonds. The monoisotopic (exact) mass is 219 g/mol. The first-order chi connectivity index (χ1) is 8.20. The normalized spacial score (nSPS) is 9.65. The number of nitrogens with zero attached hydrogens (tertiary/aromatic N) is 1. The number of hydrogen-bond donors (Lipinski definition) is 0. The molecule has 2 rings (SSSR count). The van der Waals surface area contributed by atoms with Gasteiger partial charge in [0, 0.05) is 23.5 Å². The number of terminal acetylenes is 1. The van der Waals surface area contributed by atoms with Crippen LogP contribution < -0.4 is 0 Å². The largest absolute Gasteiger partial charge is 0.263 e. The number of benzene rings is 1. The maximum atomic E-state index is 5.40. The number of pyridine rings is 1. The molecule has 1 aromatic heterocycles. The smallest absolute Gasteiger partial charge is 0.0346 e. The number of rotatable bonds is 2. The van der Waals surface area contributed by atoms with Gasteiger partial charge in [-0.2, -0.15) is 0 Å². The Labute approximate surface area is 102 Å². The van der Waals surface area contributed by atoms with Crippen LogP contribution in [-0.4, -0.2) is 4.98 Å². The highest BCUT2D eigenvalue weighted by molar-refractivity contribution is 5.70. The second-order valence-electron chi connectivity index (χ2n) is 3.97. The molecule has 17 heavy (non-hydrogen) atoms. The van der Waals surface area contributed by atoms with Crippen LogP contribution in [0.1, 0.15) is 18.1 Å². The van der Waals surface area contributed by atoms with E-state index in [0.29, 0.717) is 0 Å². The van der Waals surface area contributed by atoms with E-state index < -0.39 is 0 Å². The molecule has 0 bridgehead atoms. The van der Waals surface area contributed by atoms with E-state index in [1.807, 2.05) is 43.6 Å². The highest BCUT2D eigenvalue weighted by Crippen LogP contribution is 2.22. The summed E-state index contributed by atoms with van der Waals surface area (Å²) < 4.78 is 0. The Hall–Kier alpha value is -2.33. The molecule has 0 aliphatic heterocycles. The van der Waals surface area contributed by atoms with Crippen molar-refractivity contribution in [2.45, 2.75) is 6.92 Å². The molecule has 1 nitrogen and oxygen atoms in total. The van der Waals surface area contributed by atoms with E-state index in [1.54, 1.807) is 0 Å². The molecule has 0 atom stereocenters. The van der Waals surface area contributed by atoms with Gasteiger partial charge in [-0.05, 0) is 41.8 Å². The van der Waals surface area contributed by atoms with Crippen molar-refractivity contribution >= 4 is 5.57 Å². The maximum absolute atomic E-state index is 5.40. The summed E-state index contributed by atoms with van der Waals surface area (Å²) in [4.78, 5) is 4.23. The van der Waals surface area contributed by atoms with Crippen molar-refractivity contribution in [2.24, 2.45) is 0 Å². The molecule has 0 saturated heterocycles. The zero-order valence-corrected chi connectivity index (χ0v) is 9.77. The Bertz CT molecular complexity index is 603. The summed E-state index contributed by atoms with van der Waals surface area (Å²) >= 11 is 0. The molecular weight excluding hydrogens is 206 g/mol. The van der Waals surface area contributed by atoms with Crippen molar-refractivity contribution in [3.8, 4) is 23.5 Å². The first-order valence-electron chi connectivity index (χ1n) is 5.38. The molecule has 0 unspecified atom stereocenters. The Morgan fingerprint density at radius 1 is 1.24 bits per heavy atom. The first-order valence-corrected chi connectivity index (χ1v) is 5.38. The van der Waals surface area contributed by atoms with Crippen LogP contribution in [0, 0.1) is 12.3 Å². The molecule has 1 aromatic carbocycles. The molecule has 1 heteroatoms. The van der Waals surface area contributed by atoms with Gasteiger partial charge in [-0.1, -0.05) is 24.6 Å². The zero-order chi connectivity index (χ0) is 12.3. The molecule has 0 N–H and O–H groups in total. The lowest BCUT2D eigenvalue weighted by molar-refractivity contribution is 1.30. The van der Waals surface area contributed by atoms with Crippen LogP contribution in [0.15, 0.2) is 49.3 Å². The Kier molecular flexibility index (Phi) is 3.07. The Morgan fingerprint density at radius 2 is 2.06 bits per heavy atom. The van der Waals surface area contributed by atoms with Gasteiger partial charge in [0.2, 0.25) is 0 Å². The predicted molar refractivity (Wildman–Crippen MR) is 72.3 cm³/mol. The second-order valence-corrected chi connectivity index (χ2v) is 3.97. The third-order valence-electron chi connectivity index (χ3n) is 2.59. The summed E-state index contributed by atoms with van der Waals surface area (Å²) in [6.07, 6.45) is 9.05. The Balaban J connectivity index is 2.49.